The number of hydrogen-bond donors (Lipinski definition) is 0. The van der Waals surface area contributed by atoms with Crippen molar-refractivity contribution in [2.75, 3.05) is 12.0 Å². The van der Waals surface area contributed by atoms with Gasteiger partial charge in [0.15, 0.2) is 17.6 Å². The lowest BCUT2D eigenvalue weighted by Gasteiger charge is -2.43. The van der Waals surface area contributed by atoms with Gasteiger partial charge in [-0.05, 0) is 11.1 Å². The lowest BCUT2D eigenvalue weighted by Crippen LogP contribution is -2.54. The molecule has 7 nitrogen and oxygen atoms in total. The van der Waals surface area contributed by atoms with Crippen LogP contribution in [0.1, 0.15) is 23.7 Å². The van der Waals surface area contributed by atoms with Crippen molar-refractivity contribution in [2.45, 2.75) is 17.9 Å². The van der Waals surface area contributed by atoms with Gasteiger partial charge in [-0.3, -0.25) is 9.69 Å². The van der Waals surface area contributed by atoms with E-state index < -0.39 is 22.2 Å². The van der Waals surface area contributed by atoms with Crippen molar-refractivity contribution in [3.63, 3.8) is 0 Å². The van der Waals surface area contributed by atoms with E-state index in [1.807, 2.05) is 60.7 Å². The Hall–Kier alpha value is -2.78. The summed E-state index contributed by atoms with van der Waals surface area (Å²) in [5.41, 5.74) is 1.36. The molecular formula is C21H19NO6S2. The summed E-state index contributed by atoms with van der Waals surface area (Å²) in [6, 6.07) is 18.4. The van der Waals surface area contributed by atoms with Crippen molar-refractivity contribution in [1.82, 2.24) is 4.90 Å². The molecule has 0 N–H and O–H groups in total. The minimum absolute atomic E-state index is 0.0864. The molecule has 0 unspecified atom stereocenters. The monoisotopic (exact) mass is 445 g/mol. The van der Waals surface area contributed by atoms with Gasteiger partial charge in [-0.15, -0.1) is 11.8 Å². The highest BCUT2D eigenvalue weighted by atomic mass is 32.2. The van der Waals surface area contributed by atoms with Crippen molar-refractivity contribution in [3.8, 4) is 0 Å². The van der Waals surface area contributed by atoms with Crippen LogP contribution in [0.4, 0.5) is 0 Å². The molecule has 156 valence electrons. The fourth-order valence-electron chi connectivity index (χ4n) is 3.37. The summed E-state index contributed by atoms with van der Waals surface area (Å²) < 4.78 is 34.3. The number of thioether (sulfide) groups is 1. The molecule has 0 saturated carbocycles. The van der Waals surface area contributed by atoms with Gasteiger partial charge in [-0.2, -0.15) is 8.42 Å². The first-order valence-electron chi connectivity index (χ1n) is 9.20. The minimum Gasteiger partial charge on any atom is -0.448 e. The number of ether oxygens (including phenoxy) is 1. The molecule has 0 spiro atoms. The predicted octanol–water partition coefficient (Wildman–Crippen LogP) is 2.81. The van der Waals surface area contributed by atoms with Gasteiger partial charge >= 0.3 is 16.1 Å². The molecule has 1 saturated heterocycles. The highest BCUT2D eigenvalue weighted by molar-refractivity contribution is 8.00. The number of nitrogens with zero attached hydrogens (tertiary/aromatic N) is 1. The van der Waals surface area contributed by atoms with Crippen molar-refractivity contribution in [3.05, 3.63) is 83.2 Å². The average molecular weight is 446 g/mol. The molecule has 0 aromatic heterocycles. The molecule has 1 fully saturated rings. The zero-order valence-corrected chi connectivity index (χ0v) is 17.7. The molecule has 2 aliphatic heterocycles. The van der Waals surface area contributed by atoms with Gasteiger partial charge in [0, 0.05) is 0 Å². The standard InChI is InChI=1S/C21H19NO6S2/c1-30(25,26)28-16-13-29-18-12-17(23)22(18)19(16)21(24)27-20(14-8-4-2-5-9-14)15-10-6-3-7-11-15/h2-11,18,20H,12-13H2,1H3/t18-/m1/s1. The number of amides is 1. The molecule has 0 aliphatic carbocycles. The predicted molar refractivity (Wildman–Crippen MR) is 111 cm³/mol. The average Bonchev–Trinajstić information content (AvgIpc) is 2.72. The quantitative estimate of drug-likeness (QED) is 0.384. The summed E-state index contributed by atoms with van der Waals surface area (Å²) >= 11 is 1.35. The van der Waals surface area contributed by atoms with Gasteiger partial charge in [0.05, 0.1) is 23.8 Å². The Bertz CT molecular complexity index is 1060. The lowest BCUT2D eigenvalue weighted by atomic mass is 10.0. The Morgan fingerprint density at radius 1 is 1.07 bits per heavy atom. The summed E-state index contributed by atoms with van der Waals surface area (Å²) in [6.07, 6.45) is 0.458. The summed E-state index contributed by atoms with van der Waals surface area (Å²) in [5, 5.41) is -0.223. The number of benzene rings is 2. The van der Waals surface area contributed by atoms with Gasteiger partial charge in [0.2, 0.25) is 5.91 Å². The van der Waals surface area contributed by atoms with Gasteiger partial charge < -0.3 is 8.92 Å². The van der Waals surface area contributed by atoms with E-state index in [0.29, 0.717) is 0 Å². The molecule has 1 amide bonds. The Morgan fingerprint density at radius 2 is 1.63 bits per heavy atom. The van der Waals surface area contributed by atoms with Crippen LogP contribution in [0, 0.1) is 0 Å². The van der Waals surface area contributed by atoms with E-state index in [2.05, 4.69) is 0 Å². The van der Waals surface area contributed by atoms with Gasteiger partial charge in [-0.25, -0.2) is 4.79 Å². The van der Waals surface area contributed by atoms with Gasteiger partial charge in [0.1, 0.15) is 0 Å². The van der Waals surface area contributed by atoms with E-state index in [4.69, 9.17) is 8.92 Å². The van der Waals surface area contributed by atoms with Crippen LogP contribution >= 0.6 is 11.8 Å². The van der Waals surface area contributed by atoms with Crippen LogP contribution in [0.15, 0.2) is 72.1 Å². The molecule has 2 heterocycles. The largest absolute Gasteiger partial charge is 0.448 e. The fourth-order valence-corrected chi connectivity index (χ4v) is 5.12. The number of β-lactam (4-membered cyclic amide) rings is 1. The topological polar surface area (TPSA) is 90.0 Å². The highest BCUT2D eigenvalue weighted by Crippen LogP contribution is 2.41. The van der Waals surface area contributed by atoms with E-state index >= 15 is 0 Å². The lowest BCUT2D eigenvalue weighted by molar-refractivity contribution is -0.152. The number of carbonyl (C=O) groups is 2. The van der Waals surface area contributed by atoms with Crippen molar-refractivity contribution < 1.29 is 26.9 Å². The molecule has 9 heteroatoms. The first-order chi connectivity index (χ1) is 14.3. The van der Waals surface area contributed by atoms with Gasteiger partial charge in [0.25, 0.3) is 0 Å². The first-order valence-corrected chi connectivity index (χ1v) is 12.1. The number of hydrogen-bond acceptors (Lipinski definition) is 7. The molecule has 30 heavy (non-hydrogen) atoms. The zero-order chi connectivity index (χ0) is 21.3. The third-order valence-corrected chi connectivity index (χ3v) is 6.39. The molecule has 0 bridgehead atoms. The van der Waals surface area contributed by atoms with E-state index in [9.17, 15) is 18.0 Å². The maximum atomic E-state index is 13.2. The molecule has 2 aromatic rings. The van der Waals surface area contributed by atoms with E-state index in [1.165, 1.54) is 16.7 Å². The van der Waals surface area contributed by atoms with E-state index in [-0.39, 0.29) is 34.9 Å². The Kier molecular flexibility index (Phi) is 5.57. The molecular weight excluding hydrogens is 426 g/mol. The molecule has 1 atom stereocenters. The smallest absolute Gasteiger partial charge is 0.359 e. The van der Waals surface area contributed by atoms with E-state index in [0.717, 1.165) is 17.4 Å². The van der Waals surface area contributed by atoms with Crippen LogP contribution in [0.3, 0.4) is 0 Å². The zero-order valence-electron chi connectivity index (χ0n) is 16.1. The molecule has 2 aromatic carbocycles. The first kappa shape index (κ1) is 20.5. The maximum absolute atomic E-state index is 13.2. The highest BCUT2D eigenvalue weighted by Gasteiger charge is 2.47. The third kappa shape index (κ3) is 4.22. The Balaban J connectivity index is 1.72. The van der Waals surface area contributed by atoms with Crippen LogP contribution in [-0.4, -0.2) is 42.6 Å². The van der Waals surface area contributed by atoms with Crippen molar-refractivity contribution >= 4 is 33.8 Å². The van der Waals surface area contributed by atoms with Crippen LogP contribution in [0.5, 0.6) is 0 Å². The number of carbonyl (C=O) groups excluding carboxylic acids is 2. The second-order valence-electron chi connectivity index (χ2n) is 6.90. The Morgan fingerprint density at radius 3 is 2.13 bits per heavy atom. The van der Waals surface area contributed by atoms with Gasteiger partial charge in [-0.1, -0.05) is 60.7 Å². The van der Waals surface area contributed by atoms with Crippen molar-refractivity contribution in [2.24, 2.45) is 0 Å². The minimum atomic E-state index is -3.87. The molecule has 0 radical (unpaired) electrons. The van der Waals surface area contributed by atoms with Crippen LogP contribution in [0.2, 0.25) is 0 Å². The summed E-state index contributed by atoms with van der Waals surface area (Å²) in [6.45, 7) is 0. The molecule has 4 rings (SSSR count). The van der Waals surface area contributed by atoms with Crippen LogP contribution in [-0.2, 0) is 28.6 Å². The SMILES string of the molecule is CS(=O)(=O)OC1=C(C(=O)OC(c2ccccc2)c2ccccc2)N2C(=O)C[C@H]2SC1. The third-order valence-electron chi connectivity index (χ3n) is 4.69. The van der Waals surface area contributed by atoms with E-state index in [1.54, 1.807) is 0 Å². The summed E-state index contributed by atoms with van der Waals surface area (Å²) in [4.78, 5) is 26.7. The fraction of sp³-hybridized carbons (Fsp3) is 0.238. The maximum Gasteiger partial charge on any atom is 0.359 e. The Labute approximate surface area is 178 Å². The normalized spacial score (nSPS) is 18.7. The number of esters is 1. The van der Waals surface area contributed by atoms with Crippen molar-refractivity contribution in [1.29, 1.82) is 0 Å². The second kappa shape index (κ2) is 8.16. The molecule has 2 aliphatic rings. The summed E-state index contributed by atoms with van der Waals surface area (Å²) in [7, 11) is -3.87. The van der Waals surface area contributed by atoms with Crippen LogP contribution in [0.25, 0.3) is 0 Å². The number of fused-ring (bicyclic) bond motifs is 1. The second-order valence-corrected chi connectivity index (χ2v) is 9.64. The number of rotatable bonds is 6. The van der Waals surface area contributed by atoms with Crippen LogP contribution < -0.4 is 0 Å². The summed E-state index contributed by atoms with van der Waals surface area (Å²) in [5.74, 6) is -1.00.